The largest absolute Gasteiger partial charge is 0.392 e. The van der Waals surface area contributed by atoms with E-state index >= 15 is 0 Å². The van der Waals surface area contributed by atoms with Crippen LogP contribution < -0.4 is 10.6 Å². The molecule has 1 fully saturated rings. The Balaban J connectivity index is 2.12. The summed E-state index contributed by atoms with van der Waals surface area (Å²) in [5.41, 5.74) is 0. The number of aliphatic hydroxyl groups is 1. The summed E-state index contributed by atoms with van der Waals surface area (Å²) < 4.78 is 5.22. The predicted molar refractivity (Wildman–Crippen MR) is 51.9 cm³/mol. The Morgan fingerprint density at radius 3 is 3.14 bits per heavy atom. The Labute approximate surface area is 83.8 Å². The molecule has 3 N–H and O–H groups in total. The maximum Gasteiger partial charge on any atom is 0.221 e. The zero-order valence-corrected chi connectivity index (χ0v) is 8.45. The van der Waals surface area contributed by atoms with Crippen LogP contribution in [0.5, 0.6) is 0 Å². The number of aliphatic hydroxyl groups excluding tert-OH is 1. The lowest BCUT2D eigenvalue weighted by atomic mass is 10.2. The molecule has 2 atom stereocenters. The number of rotatable bonds is 4. The summed E-state index contributed by atoms with van der Waals surface area (Å²) in [6.45, 7) is 4.05. The molecule has 0 aliphatic carbocycles. The van der Waals surface area contributed by atoms with Crippen LogP contribution in [0.3, 0.4) is 0 Å². The van der Waals surface area contributed by atoms with E-state index in [4.69, 9.17) is 9.84 Å². The van der Waals surface area contributed by atoms with Gasteiger partial charge in [0.2, 0.25) is 5.91 Å². The molecule has 82 valence electrons. The number of morpholine rings is 1. The third-order valence-electron chi connectivity index (χ3n) is 2.02. The second-order valence-corrected chi connectivity index (χ2v) is 3.58. The van der Waals surface area contributed by atoms with Crippen LogP contribution in [0.4, 0.5) is 0 Å². The number of hydrogen-bond donors (Lipinski definition) is 3. The molecule has 0 saturated carbocycles. The fourth-order valence-corrected chi connectivity index (χ4v) is 1.31. The van der Waals surface area contributed by atoms with Gasteiger partial charge in [0.15, 0.2) is 0 Å². The summed E-state index contributed by atoms with van der Waals surface area (Å²) in [7, 11) is 0. The normalized spacial score (nSPS) is 24.3. The van der Waals surface area contributed by atoms with Gasteiger partial charge in [0.1, 0.15) is 0 Å². The molecule has 1 heterocycles. The maximum atomic E-state index is 11.3. The molecule has 5 heteroatoms. The Bertz CT molecular complexity index is 179. The van der Waals surface area contributed by atoms with Crippen LogP contribution in [0.15, 0.2) is 0 Å². The topological polar surface area (TPSA) is 70.6 Å². The van der Waals surface area contributed by atoms with E-state index in [2.05, 4.69) is 10.6 Å². The van der Waals surface area contributed by atoms with Gasteiger partial charge >= 0.3 is 0 Å². The molecule has 0 bridgehead atoms. The molecule has 0 spiro atoms. The van der Waals surface area contributed by atoms with Gasteiger partial charge in [-0.3, -0.25) is 4.79 Å². The Kier molecular flexibility index (Phi) is 4.86. The van der Waals surface area contributed by atoms with Gasteiger partial charge in [0.05, 0.1) is 19.3 Å². The SMILES string of the molecule is CC(O)CNC(=O)CC1COCCN1. The monoisotopic (exact) mass is 202 g/mol. The van der Waals surface area contributed by atoms with Gasteiger partial charge in [-0.2, -0.15) is 0 Å². The Morgan fingerprint density at radius 1 is 1.79 bits per heavy atom. The third-order valence-corrected chi connectivity index (χ3v) is 2.02. The van der Waals surface area contributed by atoms with E-state index in [0.29, 0.717) is 26.2 Å². The van der Waals surface area contributed by atoms with E-state index in [1.54, 1.807) is 6.92 Å². The van der Waals surface area contributed by atoms with Crippen molar-refractivity contribution in [3.05, 3.63) is 0 Å². The first kappa shape index (κ1) is 11.4. The van der Waals surface area contributed by atoms with Crippen LogP contribution in [0, 0.1) is 0 Å². The minimum Gasteiger partial charge on any atom is -0.392 e. The van der Waals surface area contributed by atoms with Crippen LogP contribution in [-0.4, -0.2) is 49.5 Å². The first-order valence-corrected chi connectivity index (χ1v) is 4.94. The van der Waals surface area contributed by atoms with Crippen LogP contribution in [-0.2, 0) is 9.53 Å². The molecule has 0 aromatic carbocycles. The predicted octanol–water partition coefficient (Wildman–Crippen LogP) is -1.14. The number of ether oxygens (including phenoxy) is 1. The van der Waals surface area contributed by atoms with E-state index in [9.17, 15) is 4.79 Å². The third kappa shape index (κ3) is 4.55. The zero-order chi connectivity index (χ0) is 10.4. The highest BCUT2D eigenvalue weighted by Crippen LogP contribution is 1.97. The molecule has 0 radical (unpaired) electrons. The van der Waals surface area contributed by atoms with E-state index in [-0.39, 0.29) is 11.9 Å². The number of hydrogen-bond acceptors (Lipinski definition) is 4. The van der Waals surface area contributed by atoms with Crippen molar-refractivity contribution in [2.24, 2.45) is 0 Å². The van der Waals surface area contributed by atoms with Crippen molar-refractivity contribution in [1.29, 1.82) is 0 Å². The highest BCUT2D eigenvalue weighted by molar-refractivity contribution is 5.76. The molecule has 0 aromatic heterocycles. The summed E-state index contributed by atoms with van der Waals surface area (Å²) >= 11 is 0. The molecule has 0 aromatic rings. The summed E-state index contributed by atoms with van der Waals surface area (Å²) in [6.07, 6.45) is -0.0817. The molecular formula is C9H18N2O3. The first-order valence-electron chi connectivity index (χ1n) is 4.94. The smallest absolute Gasteiger partial charge is 0.221 e. The van der Waals surface area contributed by atoms with E-state index < -0.39 is 6.10 Å². The van der Waals surface area contributed by atoms with Gasteiger partial charge in [0.25, 0.3) is 0 Å². The lowest BCUT2D eigenvalue weighted by molar-refractivity contribution is -0.122. The fraction of sp³-hybridized carbons (Fsp3) is 0.889. The molecule has 2 unspecified atom stereocenters. The van der Waals surface area contributed by atoms with Crippen LogP contribution in [0.25, 0.3) is 0 Å². The van der Waals surface area contributed by atoms with E-state index in [1.165, 1.54) is 0 Å². The number of carbonyl (C=O) groups is 1. The molecule has 1 saturated heterocycles. The molecule has 1 aliphatic heterocycles. The standard InChI is InChI=1S/C9H18N2O3/c1-7(12)5-11-9(13)4-8-6-14-3-2-10-8/h7-8,10,12H,2-6H2,1H3,(H,11,13). The molecule has 1 amide bonds. The van der Waals surface area contributed by atoms with Gasteiger partial charge in [-0.05, 0) is 6.92 Å². The maximum absolute atomic E-state index is 11.3. The molecule has 5 nitrogen and oxygen atoms in total. The molecule has 1 aliphatic rings. The quantitative estimate of drug-likeness (QED) is 0.539. The lowest BCUT2D eigenvalue weighted by Gasteiger charge is -2.23. The number of amides is 1. The highest BCUT2D eigenvalue weighted by Gasteiger charge is 2.16. The summed E-state index contributed by atoms with van der Waals surface area (Å²) in [5.74, 6) is -0.0473. The van der Waals surface area contributed by atoms with Crippen molar-refractivity contribution < 1.29 is 14.6 Å². The van der Waals surface area contributed by atoms with Gasteiger partial charge in [-0.25, -0.2) is 0 Å². The average Bonchev–Trinajstić information content (AvgIpc) is 2.16. The number of nitrogens with one attached hydrogen (secondary N) is 2. The van der Waals surface area contributed by atoms with Gasteiger partial charge < -0.3 is 20.5 Å². The minimum absolute atomic E-state index is 0.0473. The van der Waals surface area contributed by atoms with Crippen molar-refractivity contribution >= 4 is 5.91 Å². The summed E-state index contributed by atoms with van der Waals surface area (Å²) in [6, 6.07) is 0.109. The Morgan fingerprint density at radius 2 is 2.57 bits per heavy atom. The minimum atomic E-state index is -0.491. The highest BCUT2D eigenvalue weighted by atomic mass is 16.5. The molecule has 14 heavy (non-hydrogen) atoms. The van der Waals surface area contributed by atoms with Crippen molar-refractivity contribution in [2.45, 2.75) is 25.5 Å². The second-order valence-electron chi connectivity index (χ2n) is 3.58. The van der Waals surface area contributed by atoms with Crippen LogP contribution >= 0.6 is 0 Å². The molecule has 1 rings (SSSR count). The van der Waals surface area contributed by atoms with E-state index in [0.717, 1.165) is 6.54 Å². The van der Waals surface area contributed by atoms with Gasteiger partial charge in [-0.1, -0.05) is 0 Å². The van der Waals surface area contributed by atoms with E-state index in [1.807, 2.05) is 0 Å². The van der Waals surface area contributed by atoms with Crippen molar-refractivity contribution in [3.63, 3.8) is 0 Å². The van der Waals surface area contributed by atoms with Crippen LogP contribution in [0.1, 0.15) is 13.3 Å². The van der Waals surface area contributed by atoms with Crippen molar-refractivity contribution in [2.75, 3.05) is 26.3 Å². The zero-order valence-electron chi connectivity index (χ0n) is 8.45. The molecular weight excluding hydrogens is 184 g/mol. The van der Waals surface area contributed by atoms with Gasteiger partial charge in [0, 0.05) is 25.6 Å². The number of carbonyl (C=O) groups excluding carboxylic acids is 1. The first-order chi connectivity index (χ1) is 6.68. The summed E-state index contributed by atoms with van der Waals surface area (Å²) in [5, 5.41) is 14.8. The van der Waals surface area contributed by atoms with Crippen molar-refractivity contribution in [3.8, 4) is 0 Å². The van der Waals surface area contributed by atoms with Crippen LogP contribution in [0.2, 0.25) is 0 Å². The van der Waals surface area contributed by atoms with Crippen molar-refractivity contribution in [1.82, 2.24) is 10.6 Å². The average molecular weight is 202 g/mol. The lowest BCUT2D eigenvalue weighted by Crippen LogP contribution is -2.44. The Hall–Kier alpha value is -0.650. The fourth-order valence-electron chi connectivity index (χ4n) is 1.31. The van der Waals surface area contributed by atoms with Gasteiger partial charge in [-0.15, -0.1) is 0 Å². The second kappa shape index (κ2) is 5.95. The summed E-state index contributed by atoms with van der Waals surface area (Å²) in [4.78, 5) is 11.3.